The third-order valence-electron chi connectivity index (χ3n) is 2.00. The normalized spacial score (nSPS) is 7.13. The van der Waals surface area contributed by atoms with E-state index in [1.807, 2.05) is 123 Å². The van der Waals surface area contributed by atoms with E-state index in [1.54, 1.807) is 6.07 Å². The molecule has 0 spiro atoms. The van der Waals surface area contributed by atoms with Crippen molar-refractivity contribution in [2.45, 2.75) is 83.1 Å². The van der Waals surface area contributed by atoms with E-state index in [9.17, 15) is 4.39 Å². The lowest BCUT2D eigenvalue weighted by atomic mass is 10.3. The van der Waals surface area contributed by atoms with Crippen LogP contribution in [-0.2, 0) is 0 Å². The highest BCUT2D eigenvalue weighted by atomic mass is 35.5. The third kappa shape index (κ3) is 167. The van der Waals surface area contributed by atoms with Crippen LogP contribution in [0.5, 0.6) is 0 Å². The molecule has 0 saturated heterocycles. The van der Waals surface area contributed by atoms with E-state index in [4.69, 9.17) is 5.26 Å². The number of hydrogen-bond acceptors (Lipinski definition) is 1. The zero-order chi connectivity index (χ0) is 32.2. The van der Waals surface area contributed by atoms with E-state index >= 15 is 0 Å². The number of hydrogen-bond donors (Lipinski definition) is 0. The molecular weight excluding hydrogens is 501 g/mol. The minimum atomic E-state index is 0.500. The number of rotatable bonds is 0. The van der Waals surface area contributed by atoms with Crippen LogP contribution in [0, 0.1) is 29.1 Å². The van der Waals surface area contributed by atoms with Gasteiger partial charge in [-0.1, -0.05) is 185 Å². The summed E-state index contributed by atoms with van der Waals surface area (Å²) in [6.45, 7) is 24.9. The van der Waals surface area contributed by atoms with Gasteiger partial charge in [0.1, 0.15) is 0 Å². The summed E-state index contributed by atoms with van der Waals surface area (Å²) in [5.74, 6) is 2.50. The Hall–Kier alpha value is -2.63. The zero-order valence-electron chi connectivity index (χ0n) is 27.8. The van der Waals surface area contributed by atoms with E-state index in [1.165, 1.54) is 13.3 Å². The Morgan fingerprint density at radius 2 is 0.436 bits per heavy atom. The van der Waals surface area contributed by atoms with Crippen molar-refractivity contribution in [2.24, 2.45) is 17.8 Å². The first-order chi connectivity index (χ1) is 18.6. The molecule has 3 aromatic carbocycles. The van der Waals surface area contributed by atoms with Crippen molar-refractivity contribution in [3.05, 3.63) is 109 Å². The molecule has 226 valence electrons. The highest BCUT2D eigenvalue weighted by molar-refractivity contribution is 6.15. The lowest BCUT2D eigenvalue weighted by molar-refractivity contribution is 0.636. The smallest absolute Gasteiger partial charge is 0.0785 e. The molecular formula is C36H63ClFN. The van der Waals surface area contributed by atoms with Crippen molar-refractivity contribution in [1.29, 1.82) is 5.26 Å². The van der Waals surface area contributed by atoms with E-state index in [2.05, 4.69) is 73.9 Å². The standard InChI is InChI=1S/3C6H6.3C4H10.C2H3N.C2H6.CH3Cl.CH3F/c3*1-2-4-6-5-3-1;3*1-4(2)3;1-2-3;3*1-2/h3*1-6H;3*4H,1-3H3;1H3;1-2H3;2*1H3. The van der Waals surface area contributed by atoms with Gasteiger partial charge < -0.3 is 0 Å². The lowest BCUT2D eigenvalue weighted by Crippen LogP contribution is -1.66. The van der Waals surface area contributed by atoms with Crippen LogP contribution in [0.2, 0.25) is 0 Å². The van der Waals surface area contributed by atoms with Gasteiger partial charge in [0, 0.05) is 13.3 Å². The molecule has 0 amide bonds. The molecule has 0 aliphatic rings. The zero-order valence-corrected chi connectivity index (χ0v) is 28.6. The molecule has 0 heterocycles. The molecule has 0 atom stereocenters. The number of benzene rings is 3. The first-order valence-corrected chi connectivity index (χ1v) is 14.4. The van der Waals surface area contributed by atoms with Crippen molar-refractivity contribution in [2.75, 3.05) is 13.6 Å². The minimum Gasteiger partial charge on any atom is -0.255 e. The SMILES string of the molecule is CC.CC#N.CC(C)C.CC(C)C.CC(C)C.CCl.CF.c1ccccc1.c1ccccc1.c1ccccc1. The molecule has 0 fully saturated rings. The van der Waals surface area contributed by atoms with Crippen LogP contribution < -0.4 is 0 Å². The van der Waals surface area contributed by atoms with Crippen LogP contribution in [0.15, 0.2) is 109 Å². The predicted molar refractivity (Wildman–Crippen MR) is 182 cm³/mol. The molecule has 0 bridgehead atoms. The second kappa shape index (κ2) is 64.9. The summed E-state index contributed by atoms with van der Waals surface area (Å²) in [6.07, 6.45) is 1.47. The molecule has 1 nitrogen and oxygen atoms in total. The molecule has 0 aliphatic heterocycles. The monoisotopic (exact) mass is 563 g/mol. The van der Waals surface area contributed by atoms with Gasteiger partial charge in [-0.25, -0.2) is 0 Å². The highest BCUT2D eigenvalue weighted by Crippen LogP contribution is 1.83. The summed E-state index contributed by atoms with van der Waals surface area (Å²) in [5.41, 5.74) is 0. The second-order valence-electron chi connectivity index (χ2n) is 8.88. The fourth-order valence-corrected chi connectivity index (χ4v) is 1.15. The molecule has 0 unspecified atom stereocenters. The quantitative estimate of drug-likeness (QED) is 0.249. The Bertz CT molecular complexity index is 489. The van der Waals surface area contributed by atoms with E-state index in [0.29, 0.717) is 7.18 Å². The van der Waals surface area contributed by atoms with Gasteiger partial charge in [0.05, 0.1) is 13.2 Å². The Morgan fingerprint density at radius 1 is 0.410 bits per heavy atom. The Labute approximate surface area is 250 Å². The first-order valence-electron chi connectivity index (χ1n) is 13.7. The van der Waals surface area contributed by atoms with Crippen molar-refractivity contribution >= 4 is 11.6 Å². The van der Waals surface area contributed by atoms with Crippen molar-refractivity contribution in [1.82, 2.24) is 0 Å². The van der Waals surface area contributed by atoms with E-state index in [0.717, 1.165) is 17.8 Å². The third-order valence-corrected chi connectivity index (χ3v) is 2.00. The molecule has 39 heavy (non-hydrogen) atoms. The number of nitrogens with zero attached hydrogens (tertiary/aromatic N) is 1. The topological polar surface area (TPSA) is 23.8 Å². The highest BCUT2D eigenvalue weighted by Gasteiger charge is 1.69. The van der Waals surface area contributed by atoms with Gasteiger partial charge in [-0.05, 0) is 17.8 Å². The average Bonchev–Trinajstić information content (AvgIpc) is 2.95. The van der Waals surface area contributed by atoms with Crippen LogP contribution in [0.3, 0.4) is 0 Å². The maximum absolute atomic E-state index is 9.50. The van der Waals surface area contributed by atoms with Crippen LogP contribution in [0.25, 0.3) is 0 Å². The average molecular weight is 564 g/mol. The summed E-state index contributed by atoms with van der Waals surface area (Å²) in [4.78, 5) is 0. The molecule has 0 aliphatic carbocycles. The van der Waals surface area contributed by atoms with Crippen molar-refractivity contribution in [3.63, 3.8) is 0 Å². The van der Waals surface area contributed by atoms with Gasteiger partial charge in [0.25, 0.3) is 0 Å². The molecule has 3 heteroatoms. The van der Waals surface area contributed by atoms with Crippen LogP contribution in [0.1, 0.15) is 83.1 Å². The van der Waals surface area contributed by atoms with Gasteiger partial charge >= 0.3 is 0 Å². The Kier molecular flexibility index (Phi) is 87.8. The van der Waals surface area contributed by atoms with Crippen LogP contribution >= 0.6 is 11.6 Å². The fraction of sp³-hybridized carbons (Fsp3) is 0.472. The number of nitriles is 1. The Morgan fingerprint density at radius 3 is 0.462 bits per heavy atom. The summed E-state index contributed by atoms with van der Waals surface area (Å²) in [6, 6.07) is 37.8. The van der Waals surface area contributed by atoms with Crippen molar-refractivity contribution in [3.8, 4) is 6.07 Å². The summed E-state index contributed by atoms with van der Waals surface area (Å²) in [5, 5.41) is 7.32. The van der Waals surface area contributed by atoms with E-state index < -0.39 is 0 Å². The van der Waals surface area contributed by atoms with Gasteiger partial charge in [-0.2, -0.15) is 5.26 Å². The molecule has 3 rings (SSSR count). The van der Waals surface area contributed by atoms with Crippen LogP contribution in [-0.4, -0.2) is 13.6 Å². The Balaban J connectivity index is -0.0000000601. The van der Waals surface area contributed by atoms with Gasteiger partial charge in [-0.15, -0.1) is 11.6 Å². The molecule has 0 radical (unpaired) electrons. The maximum atomic E-state index is 9.50. The number of alkyl halides is 2. The predicted octanol–water partition coefficient (Wildman–Crippen LogP) is 13.0. The molecule has 0 aromatic heterocycles. The van der Waals surface area contributed by atoms with Crippen LogP contribution in [0.4, 0.5) is 4.39 Å². The van der Waals surface area contributed by atoms with Crippen molar-refractivity contribution < 1.29 is 4.39 Å². The van der Waals surface area contributed by atoms with Gasteiger partial charge in [0.2, 0.25) is 0 Å². The minimum absolute atomic E-state index is 0.500. The summed E-state index contributed by atoms with van der Waals surface area (Å²) < 4.78 is 9.50. The largest absolute Gasteiger partial charge is 0.255 e. The second-order valence-corrected chi connectivity index (χ2v) is 8.88. The molecule has 0 N–H and O–H groups in total. The maximum Gasteiger partial charge on any atom is 0.0785 e. The van der Waals surface area contributed by atoms with E-state index in [-0.39, 0.29) is 0 Å². The first kappa shape index (κ1) is 52.7. The van der Waals surface area contributed by atoms with Gasteiger partial charge in [0.15, 0.2) is 0 Å². The number of halogens is 2. The fourth-order valence-electron chi connectivity index (χ4n) is 1.15. The summed E-state index contributed by atoms with van der Waals surface area (Å²) in [7, 11) is 0.500. The lowest BCUT2D eigenvalue weighted by Gasteiger charge is -1.79. The van der Waals surface area contributed by atoms with Gasteiger partial charge in [-0.3, -0.25) is 4.39 Å². The summed E-state index contributed by atoms with van der Waals surface area (Å²) >= 11 is 4.64. The molecule has 3 aromatic rings. The molecule has 0 saturated carbocycles.